The molecule has 0 aliphatic heterocycles. The average molecular weight is 499 g/mol. The monoisotopic (exact) mass is 496 g/mol. The molecule has 0 bridgehead atoms. The van der Waals surface area contributed by atoms with Gasteiger partial charge < -0.3 is 9.47 Å². The van der Waals surface area contributed by atoms with Crippen LogP contribution < -0.4 is 9.47 Å². The highest BCUT2D eigenvalue weighted by Gasteiger charge is 2.11. The van der Waals surface area contributed by atoms with E-state index in [2.05, 4.69) is 47.8 Å². The molecule has 7 heteroatoms. The summed E-state index contributed by atoms with van der Waals surface area (Å²) in [6.07, 6.45) is 0. The normalized spacial score (nSPS) is 10.3. The van der Waals surface area contributed by atoms with Crippen LogP contribution in [0.15, 0.2) is 49.8 Å². The largest absolute Gasteiger partial charge is 0.481 e. The van der Waals surface area contributed by atoms with Gasteiger partial charge in [0.1, 0.15) is 11.5 Å². The first kappa shape index (κ1) is 16.8. The highest BCUT2D eigenvalue weighted by atomic mass is 79.9. The van der Waals surface area contributed by atoms with E-state index in [-0.39, 0.29) is 6.61 Å². The van der Waals surface area contributed by atoms with Crippen molar-refractivity contribution < 1.29 is 14.3 Å². The summed E-state index contributed by atoms with van der Waals surface area (Å²) in [5, 5.41) is 0.350. The quantitative estimate of drug-likeness (QED) is 0.405. The van der Waals surface area contributed by atoms with Crippen LogP contribution in [-0.4, -0.2) is 12.6 Å². The van der Waals surface area contributed by atoms with Crippen LogP contribution >= 0.6 is 59.4 Å². The van der Waals surface area contributed by atoms with E-state index in [1.807, 2.05) is 12.1 Å². The molecule has 0 unspecified atom stereocenters. The van der Waals surface area contributed by atoms with Crippen LogP contribution in [0.3, 0.4) is 0 Å². The number of ether oxygens (including phenoxy) is 2. The van der Waals surface area contributed by atoms with Crippen molar-refractivity contribution in [1.29, 1.82) is 0 Å². The van der Waals surface area contributed by atoms with Crippen molar-refractivity contribution in [3.05, 3.63) is 54.8 Å². The molecular formula is C14H8Br3ClO3. The molecule has 0 N–H and O–H groups in total. The van der Waals surface area contributed by atoms with Crippen molar-refractivity contribution in [1.82, 2.24) is 0 Å². The predicted molar refractivity (Wildman–Crippen MR) is 92.1 cm³/mol. The molecule has 0 amide bonds. The Balaban J connectivity index is 1.96. The first-order chi connectivity index (χ1) is 9.95. The fourth-order valence-corrected chi connectivity index (χ4v) is 3.31. The van der Waals surface area contributed by atoms with Crippen LogP contribution in [0.25, 0.3) is 0 Å². The minimum Gasteiger partial charge on any atom is -0.481 e. The van der Waals surface area contributed by atoms with Gasteiger partial charge in [-0.15, -0.1) is 0 Å². The maximum Gasteiger partial charge on any atom is 0.349 e. The molecule has 0 aliphatic carbocycles. The summed E-state index contributed by atoms with van der Waals surface area (Å²) in [7, 11) is 0. The molecule has 0 saturated carbocycles. The average Bonchev–Trinajstić information content (AvgIpc) is 2.41. The second-order valence-electron chi connectivity index (χ2n) is 3.91. The fraction of sp³-hybridized carbons (Fsp3) is 0.0714. The Bertz CT molecular complexity index is 677. The topological polar surface area (TPSA) is 35.5 Å². The predicted octanol–water partition coefficient (Wildman–Crippen LogP) is 5.61. The van der Waals surface area contributed by atoms with Crippen LogP contribution in [0.2, 0.25) is 5.02 Å². The lowest BCUT2D eigenvalue weighted by Gasteiger charge is -2.09. The van der Waals surface area contributed by atoms with E-state index in [0.717, 1.165) is 13.4 Å². The fourth-order valence-electron chi connectivity index (χ4n) is 1.44. The van der Waals surface area contributed by atoms with Gasteiger partial charge in [-0.05, 0) is 52.3 Å². The molecule has 2 aromatic rings. The third kappa shape index (κ3) is 4.98. The first-order valence-corrected chi connectivity index (χ1v) is 8.45. The van der Waals surface area contributed by atoms with Crippen molar-refractivity contribution in [3.8, 4) is 11.5 Å². The number of rotatable bonds is 4. The van der Waals surface area contributed by atoms with E-state index < -0.39 is 5.97 Å². The lowest BCUT2D eigenvalue weighted by molar-refractivity contribution is -0.136. The molecule has 110 valence electrons. The highest BCUT2D eigenvalue weighted by molar-refractivity contribution is 9.11. The molecular weight excluding hydrogens is 491 g/mol. The minimum atomic E-state index is -0.533. The maximum atomic E-state index is 11.8. The van der Waals surface area contributed by atoms with Crippen LogP contribution in [0.1, 0.15) is 0 Å². The molecule has 0 aromatic heterocycles. The zero-order valence-electron chi connectivity index (χ0n) is 10.4. The first-order valence-electron chi connectivity index (χ1n) is 5.69. The maximum absolute atomic E-state index is 11.8. The molecule has 0 atom stereocenters. The molecule has 0 fully saturated rings. The van der Waals surface area contributed by atoms with E-state index in [4.69, 9.17) is 21.1 Å². The van der Waals surface area contributed by atoms with Gasteiger partial charge in [-0.25, -0.2) is 4.79 Å². The minimum absolute atomic E-state index is 0.216. The van der Waals surface area contributed by atoms with E-state index in [9.17, 15) is 4.79 Å². The molecule has 0 saturated heterocycles. The van der Waals surface area contributed by atoms with Gasteiger partial charge in [0.25, 0.3) is 0 Å². The number of halogens is 4. The van der Waals surface area contributed by atoms with Crippen LogP contribution in [0.4, 0.5) is 0 Å². The van der Waals surface area contributed by atoms with Crippen molar-refractivity contribution in [2.24, 2.45) is 0 Å². The highest BCUT2D eigenvalue weighted by Crippen LogP contribution is 2.29. The molecule has 0 aliphatic rings. The number of esters is 1. The van der Waals surface area contributed by atoms with Gasteiger partial charge in [0.2, 0.25) is 0 Å². The molecule has 21 heavy (non-hydrogen) atoms. The van der Waals surface area contributed by atoms with Crippen LogP contribution in [0, 0.1) is 0 Å². The Morgan fingerprint density at radius 1 is 1.00 bits per heavy atom. The van der Waals surface area contributed by atoms with Crippen LogP contribution in [-0.2, 0) is 4.79 Å². The molecule has 3 nitrogen and oxygen atoms in total. The van der Waals surface area contributed by atoms with E-state index in [1.54, 1.807) is 24.3 Å². The summed E-state index contributed by atoms with van der Waals surface area (Å²) in [5.74, 6) is 0.314. The number of hydrogen-bond donors (Lipinski definition) is 0. The third-order valence-corrected chi connectivity index (χ3v) is 4.26. The van der Waals surface area contributed by atoms with Crippen molar-refractivity contribution in [3.63, 3.8) is 0 Å². The van der Waals surface area contributed by atoms with Gasteiger partial charge in [0.05, 0.1) is 9.50 Å². The zero-order valence-corrected chi connectivity index (χ0v) is 15.9. The lowest BCUT2D eigenvalue weighted by atomic mass is 10.3. The number of hydrogen-bond acceptors (Lipinski definition) is 3. The van der Waals surface area contributed by atoms with Gasteiger partial charge in [0, 0.05) is 8.95 Å². The van der Waals surface area contributed by atoms with Gasteiger partial charge in [-0.1, -0.05) is 43.5 Å². The third-order valence-electron chi connectivity index (χ3n) is 2.36. The summed E-state index contributed by atoms with van der Waals surface area (Å²) in [4.78, 5) is 11.8. The Kier molecular flexibility index (Phi) is 6.10. The standard InChI is InChI=1S/C14H8Br3ClO3/c15-8-1-3-12(10(17)5-8)20-7-14(19)21-13-4-2-9(16)6-11(13)18/h1-6H,7H2. The Labute approximate surface area is 152 Å². The smallest absolute Gasteiger partial charge is 0.349 e. The molecule has 2 aromatic carbocycles. The summed E-state index contributed by atoms with van der Waals surface area (Å²) >= 11 is 15.9. The second kappa shape index (κ2) is 7.63. The van der Waals surface area contributed by atoms with E-state index >= 15 is 0 Å². The summed E-state index contributed by atoms with van der Waals surface area (Å²) in [6.45, 7) is -0.216. The van der Waals surface area contributed by atoms with E-state index in [0.29, 0.717) is 16.5 Å². The number of carbonyl (C=O) groups excluding carboxylic acids is 1. The molecule has 2 rings (SSSR count). The van der Waals surface area contributed by atoms with E-state index in [1.165, 1.54) is 0 Å². The van der Waals surface area contributed by atoms with Gasteiger partial charge in [-0.3, -0.25) is 0 Å². The Morgan fingerprint density at radius 2 is 1.62 bits per heavy atom. The van der Waals surface area contributed by atoms with Crippen molar-refractivity contribution in [2.45, 2.75) is 0 Å². The lowest BCUT2D eigenvalue weighted by Crippen LogP contribution is -2.18. The van der Waals surface area contributed by atoms with Crippen LogP contribution in [0.5, 0.6) is 11.5 Å². The molecule has 0 radical (unpaired) electrons. The number of carbonyl (C=O) groups is 1. The zero-order chi connectivity index (χ0) is 15.4. The van der Waals surface area contributed by atoms with Gasteiger partial charge >= 0.3 is 5.97 Å². The Hall–Kier alpha value is -0.560. The second-order valence-corrected chi connectivity index (χ2v) is 7.01. The van der Waals surface area contributed by atoms with Crippen molar-refractivity contribution >= 4 is 65.4 Å². The van der Waals surface area contributed by atoms with Crippen molar-refractivity contribution in [2.75, 3.05) is 6.61 Å². The Morgan fingerprint density at radius 3 is 2.24 bits per heavy atom. The summed E-state index contributed by atoms with van der Waals surface area (Å²) < 4.78 is 13.0. The summed E-state index contributed by atoms with van der Waals surface area (Å²) in [6, 6.07) is 10.4. The number of benzene rings is 2. The molecule has 0 heterocycles. The van der Waals surface area contributed by atoms with Gasteiger partial charge in [-0.2, -0.15) is 0 Å². The SMILES string of the molecule is O=C(COc1ccc(Br)cc1Br)Oc1ccc(Br)cc1Cl. The summed E-state index contributed by atoms with van der Waals surface area (Å²) in [5.41, 5.74) is 0. The molecule has 0 spiro atoms. The van der Waals surface area contributed by atoms with Gasteiger partial charge in [0.15, 0.2) is 6.61 Å².